The van der Waals surface area contributed by atoms with Crippen LogP contribution in [0.2, 0.25) is 0 Å². The third kappa shape index (κ3) is 3.32. The molecule has 1 saturated carbocycles. The summed E-state index contributed by atoms with van der Waals surface area (Å²) in [6.07, 6.45) is 6.23. The molecule has 3 unspecified atom stereocenters. The van der Waals surface area contributed by atoms with Crippen molar-refractivity contribution in [3.63, 3.8) is 0 Å². The zero-order valence-corrected chi connectivity index (χ0v) is 12.5. The number of carboxylic acids is 1. The molecule has 1 amide bonds. The highest BCUT2D eigenvalue weighted by molar-refractivity contribution is 5.80. The van der Waals surface area contributed by atoms with Gasteiger partial charge in [0.25, 0.3) is 0 Å². The minimum Gasteiger partial charge on any atom is -0.480 e. The number of carboxylic acid groups (broad SMARTS) is 1. The van der Waals surface area contributed by atoms with E-state index in [1.54, 1.807) is 0 Å². The number of amides is 1. The molecule has 0 aromatic heterocycles. The average molecular weight is 282 g/mol. The Bertz CT molecular complexity index is 372. The molecule has 1 heterocycles. The van der Waals surface area contributed by atoms with Gasteiger partial charge >= 0.3 is 5.97 Å². The lowest BCUT2D eigenvalue weighted by molar-refractivity contribution is -0.143. The Morgan fingerprint density at radius 2 is 1.90 bits per heavy atom. The second kappa shape index (κ2) is 6.57. The Balaban J connectivity index is 1.92. The summed E-state index contributed by atoms with van der Waals surface area (Å²) in [7, 11) is 1.88. The fourth-order valence-electron chi connectivity index (χ4n) is 3.64. The summed E-state index contributed by atoms with van der Waals surface area (Å²) >= 11 is 0. The van der Waals surface area contributed by atoms with Crippen molar-refractivity contribution in [3.05, 3.63) is 0 Å². The summed E-state index contributed by atoms with van der Waals surface area (Å²) in [6, 6.07) is -0.154. The highest BCUT2D eigenvalue weighted by Crippen LogP contribution is 2.27. The van der Waals surface area contributed by atoms with Crippen molar-refractivity contribution >= 4 is 11.9 Å². The van der Waals surface area contributed by atoms with Crippen LogP contribution >= 0.6 is 0 Å². The van der Waals surface area contributed by atoms with Crippen LogP contribution < -0.4 is 0 Å². The van der Waals surface area contributed by atoms with Gasteiger partial charge in [-0.2, -0.15) is 0 Å². The molecule has 20 heavy (non-hydrogen) atoms. The van der Waals surface area contributed by atoms with E-state index >= 15 is 0 Å². The molecule has 1 aliphatic carbocycles. The fourth-order valence-corrected chi connectivity index (χ4v) is 3.64. The fraction of sp³-hybridized carbons (Fsp3) is 0.867. The van der Waals surface area contributed by atoms with Gasteiger partial charge in [-0.1, -0.05) is 19.8 Å². The first kappa shape index (κ1) is 15.3. The van der Waals surface area contributed by atoms with Gasteiger partial charge in [0.05, 0.1) is 6.54 Å². The SMILES string of the molecule is CC1CCCCC1N(C)C(=O)CN1CCCC1C(=O)O. The number of carbonyl (C=O) groups is 2. The van der Waals surface area contributed by atoms with E-state index in [9.17, 15) is 9.59 Å². The van der Waals surface area contributed by atoms with Crippen molar-refractivity contribution in [3.8, 4) is 0 Å². The monoisotopic (exact) mass is 282 g/mol. The van der Waals surface area contributed by atoms with E-state index in [0.29, 0.717) is 18.4 Å². The van der Waals surface area contributed by atoms with E-state index < -0.39 is 12.0 Å². The van der Waals surface area contributed by atoms with Crippen LogP contribution in [0.4, 0.5) is 0 Å². The lowest BCUT2D eigenvalue weighted by atomic mass is 9.85. The first-order valence-electron chi connectivity index (χ1n) is 7.73. The minimum absolute atomic E-state index is 0.0666. The predicted octanol–water partition coefficient (Wildman–Crippen LogP) is 1.57. The lowest BCUT2D eigenvalue weighted by Crippen LogP contribution is -2.48. The number of likely N-dealkylation sites (N-methyl/N-ethyl adjacent to an activating group) is 1. The smallest absolute Gasteiger partial charge is 0.320 e. The summed E-state index contributed by atoms with van der Waals surface area (Å²) < 4.78 is 0. The zero-order valence-electron chi connectivity index (χ0n) is 12.5. The Morgan fingerprint density at radius 3 is 2.55 bits per heavy atom. The molecule has 0 aromatic rings. The van der Waals surface area contributed by atoms with Crippen LogP contribution in [-0.4, -0.2) is 59.0 Å². The van der Waals surface area contributed by atoms with E-state index in [0.717, 1.165) is 19.4 Å². The quantitative estimate of drug-likeness (QED) is 0.850. The van der Waals surface area contributed by atoms with Crippen molar-refractivity contribution in [2.75, 3.05) is 20.1 Å². The van der Waals surface area contributed by atoms with Crippen molar-refractivity contribution in [1.29, 1.82) is 0 Å². The zero-order chi connectivity index (χ0) is 14.7. The molecular weight excluding hydrogens is 256 g/mol. The number of nitrogens with zero attached hydrogens (tertiary/aromatic N) is 2. The number of likely N-dealkylation sites (tertiary alicyclic amines) is 1. The van der Waals surface area contributed by atoms with Crippen LogP contribution in [0.3, 0.4) is 0 Å². The molecule has 0 spiro atoms. The third-order valence-corrected chi connectivity index (χ3v) is 4.94. The van der Waals surface area contributed by atoms with Gasteiger partial charge in [-0.05, 0) is 38.1 Å². The van der Waals surface area contributed by atoms with E-state index in [2.05, 4.69) is 6.92 Å². The summed E-state index contributed by atoms with van der Waals surface area (Å²) in [5.74, 6) is -0.188. The topological polar surface area (TPSA) is 60.9 Å². The van der Waals surface area contributed by atoms with Crippen LogP contribution in [-0.2, 0) is 9.59 Å². The van der Waals surface area contributed by atoms with Gasteiger partial charge in [0.1, 0.15) is 6.04 Å². The number of aliphatic carboxylic acids is 1. The minimum atomic E-state index is -0.802. The van der Waals surface area contributed by atoms with Gasteiger partial charge < -0.3 is 10.0 Å². The normalized spacial score (nSPS) is 31.2. The summed E-state index contributed by atoms with van der Waals surface area (Å²) in [6.45, 7) is 3.18. The van der Waals surface area contributed by atoms with Crippen LogP contribution in [0, 0.1) is 5.92 Å². The van der Waals surface area contributed by atoms with Gasteiger partial charge in [-0.3, -0.25) is 14.5 Å². The maximum absolute atomic E-state index is 12.4. The van der Waals surface area contributed by atoms with E-state index in [-0.39, 0.29) is 12.5 Å². The largest absolute Gasteiger partial charge is 0.480 e. The molecule has 1 N–H and O–H groups in total. The Labute approximate surface area is 120 Å². The van der Waals surface area contributed by atoms with E-state index in [1.807, 2.05) is 16.8 Å². The molecule has 2 fully saturated rings. The standard InChI is InChI=1S/C15H26N2O3/c1-11-6-3-4-7-12(11)16(2)14(18)10-17-9-5-8-13(17)15(19)20/h11-13H,3-10H2,1-2H3,(H,19,20). The molecule has 0 aromatic carbocycles. The predicted molar refractivity (Wildman–Crippen MR) is 76.4 cm³/mol. The first-order valence-corrected chi connectivity index (χ1v) is 7.73. The average Bonchev–Trinajstić information content (AvgIpc) is 2.86. The molecule has 0 radical (unpaired) electrons. The van der Waals surface area contributed by atoms with Gasteiger partial charge in [0, 0.05) is 13.1 Å². The summed E-state index contributed by atoms with van der Waals surface area (Å²) in [4.78, 5) is 27.2. The molecular formula is C15H26N2O3. The molecule has 1 saturated heterocycles. The van der Waals surface area contributed by atoms with E-state index in [4.69, 9.17) is 5.11 Å². The molecule has 0 bridgehead atoms. The molecule has 2 aliphatic rings. The number of hydrogen-bond donors (Lipinski definition) is 1. The van der Waals surface area contributed by atoms with Gasteiger partial charge in [-0.15, -0.1) is 0 Å². The van der Waals surface area contributed by atoms with Crippen molar-refractivity contribution < 1.29 is 14.7 Å². The van der Waals surface area contributed by atoms with Crippen LogP contribution in [0.1, 0.15) is 45.4 Å². The summed E-state index contributed by atoms with van der Waals surface area (Å²) in [5, 5.41) is 9.16. The van der Waals surface area contributed by atoms with Crippen LogP contribution in [0.5, 0.6) is 0 Å². The first-order chi connectivity index (χ1) is 9.50. The second-order valence-electron chi connectivity index (χ2n) is 6.30. The molecule has 1 aliphatic heterocycles. The lowest BCUT2D eigenvalue weighted by Gasteiger charge is -2.37. The van der Waals surface area contributed by atoms with Crippen molar-refractivity contribution in [1.82, 2.24) is 9.80 Å². The Morgan fingerprint density at radius 1 is 1.20 bits per heavy atom. The Kier molecular flexibility index (Phi) is 5.02. The van der Waals surface area contributed by atoms with Gasteiger partial charge in [0.15, 0.2) is 0 Å². The molecule has 5 nitrogen and oxygen atoms in total. The van der Waals surface area contributed by atoms with E-state index in [1.165, 1.54) is 19.3 Å². The maximum atomic E-state index is 12.4. The van der Waals surface area contributed by atoms with Crippen molar-refractivity contribution in [2.45, 2.75) is 57.5 Å². The maximum Gasteiger partial charge on any atom is 0.320 e. The molecule has 5 heteroatoms. The molecule has 114 valence electrons. The number of hydrogen-bond acceptors (Lipinski definition) is 3. The highest BCUT2D eigenvalue weighted by atomic mass is 16.4. The molecule has 3 atom stereocenters. The van der Waals surface area contributed by atoms with Gasteiger partial charge in [0.2, 0.25) is 5.91 Å². The Hall–Kier alpha value is -1.10. The number of carbonyl (C=O) groups excluding carboxylic acids is 1. The van der Waals surface area contributed by atoms with Crippen LogP contribution in [0.25, 0.3) is 0 Å². The second-order valence-corrected chi connectivity index (χ2v) is 6.30. The molecule has 2 rings (SSSR count). The van der Waals surface area contributed by atoms with Crippen LogP contribution in [0.15, 0.2) is 0 Å². The summed E-state index contributed by atoms with van der Waals surface area (Å²) in [5.41, 5.74) is 0. The van der Waals surface area contributed by atoms with Crippen molar-refractivity contribution in [2.24, 2.45) is 5.92 Å². The third-order valence-electron chi connectivity index (χ3n) is 4.94. The highest BCUT2D eigenvalue weighted by Gasteiger charge is 2.34. The van der Waals surface area contributed by atoms with Gasteiger partial charge in [-0.25, -0.2) is 0 Å². The number of rotatable bonds is 4.